The first-order valence-corrected chi connectivity index (χ1v) is 8.27. The van der Waals surface area contributed by atoms with Gasteiger partial charge in [0.15, 0.2) is 0 Å². The lowest BCUT2D eigenvalue weighted by atomic mass is 9.97. The molecule has 1 aliphatic heterocycles. The monoisotopic (exact) mass is 273 g/mol. The summed E-state index contributed by atoms with van der Waals surface area (Å²) in [4.78, 5) is 2.56. The number of rotatable bonds is 3. The molecule has 0 aromatic rings. The van der Waals surface area contributed by atoms with Crippen LogP contribution in [0.4, 0.5) is 0 Å². The molecule has 1 aliphatic carbocycles. The maximum absolute atomic E-state index is 2.56. The maximum atomic E-state index is 2.56. The Balaban J connectivity index is 0.000000956. The molecule has 20 heavy (non-hydrogen) atoms. The lowest BCUT2D eigenvalue weighted by Crippen LogP contribution is -2.29. The minimum absolute atomic E-state index is 1.09. The van der Waals surface area contributed by atoms with Crippen LogP contribution in [0.15, 0.2) is 47.2 Å². The van der Waals surface area contributed by atoms with Crippen LogP contribution in [0.25, 0.3) is 0 Å². The highest BCUT2D eigenvalue weighted by Crippen LogP contribution is 2.26. The lowest BCUT2D eigenvalue weighted by Gasteiger charge is -2.32. The molecule has 0 amide bonds. The normalized spacial score (nSPS) is 20.2. The highest BCUT2D eigenvalue weighted by molar-refractivity contribution is 5.40. The van der Waals surface area contributed by atoms with Crippen LogP contribution in [0.2, 0.25) is 0 Å². The smallest absolute Gasteiger partial charge is 0.0362 e. The van der Waals surface area contributed by atoms with E-state index in [2.05, 4.69) is 49.1 Å². The highest BCUT2D eigenvalue weighted by atomic mass is 15.1. The molecule has 1 nitrogen and oxygen atoms in total. The van der Waals surface area contributed by atoms with Crippen LogP contribution in [0.5, 0.6) is 0 Å². The Morgan fingerprint density at radius 3 is 2.40 bits per heavy atom. The van der Waals surface area contributed by atoms with E-state index in [4.69, 9.17) is 0 Å². The van der Waals surface area contributed by atoms with Crippen LogP contribution >= 0.6 is 0 Å². The summed E-state index contributed by atoms with van der Waals surface area (Å²) in [6.07, 6.45) is 17.9. The number of nitrogens with zero attached hydrogens (tertiary/aromatic N) is 1. The van der Waals surface area contributed by atoms with Crippen molar-refractivity contribution in [2.24, 2.45) is 0 Å². The molecule has 0 aromatic heterocycles. The Kier molecular flexibility index (Phi) is 8.10. The average Bonchev–Trinajstić information content (AvgIpc) is 2.55. The summed E-state index contributed by atoms with van der Waals surface area (Å²) in [5.74, 6) is 0. The van der Waals surface area contributed by atoms with E-state index in [0.717, 1.165) is 6.54 Å². The molecule has 0 radical (unpaired) electrons. The van der Waals surface area contributed by atoms with Gasteiger partial charge in [0, 0.05) is 18.8 Å². The molecule has 2 rings (SSSR count). The van der Waals surface area contributed by atoms with E-state index in [1.165, 1.54) is 49.8 Å². The molecule has 0 aromatic carbocycles. The van der Waals surface area contributed by atoms with Gasteiger partial charge in [0.2, 0.25) is 0 Å². The van der Waals surface area contributed by atoms with Gasteiger partial charge in [-0.3, -0.25) is 0 Å². The zero-order valence-electron chi connectivity index (χ0n) is 13.8. The van der Waals surface area contributed by atoms with Gasteiger partial charge in [0.05, 0.1) is 0 Å². The van der Waals surface area contributed by atoms with Crippen LogP contribution in [-0.2, 0) is 0 Å². The zero-order valence-corrected chi connectivity index (χ0v) is 13.8. The van der Waals surface area contributed by atoms with Gasteiger partial charge >= 0.3 is 0 Å². The number of allylic oxidation sites excluding steroid dienone is 6. The molecule has 2 aliphatic rings. The van der Waals surface area contributed by atoms with Gasteiger partial charge in [0.1, 0.15) is 0 Å². The Morgan fingerprint density at radius 2 is 1.90 bits per heavy atom. The summed E-state index contributed by atoms with van der Waals surface area (Å²) in [5, 5.41) is 0. The third kappa shape index (κ3) is 4.70. The van der Waals surface area contributed by atoms with Gasteiger partial charge in [-0.1, -0.05) is 44.2 Å². The van der Waals surface area contributed by atoms with Gasteiger partial charge in [-0.25, -0.2) is 0 Å². The zero-order chi connectivity index (χ0) is 14.8. The quantitative estimate of drug-likeness (QED) is 0.603. The maximum Gasteiger partial charge on any atom is 0.0362 e. The van der Waals surface area contributed by atoms with E-state index < -0.39 is 0 Å². The molecule has 0 saturated heterocycles. The predicted molar refractivity (Wildman–Crippen MR) is 90.7 cm³/mol. The van der Waals surface area contributed by atoms with Crippen molar-refractivity contribution in [1.29, 1.82) is 0 Å². The second-order valence-electron chi connectivity index (χ2n) is 5.11. The third-order valence-electron chi connectivity index (χ3n) is 3.91. The van der Waals surface area contributed by atoms with Gasteiger partial charge in [0.25, 0.3) is 0 Å². The van der Waals surface area contributed by atoms with Crippen LogP contribution in [0.3, 0.4) is 0 Å². The average molecular weight is 273 g/mol. The molecule has 0 saturated carbocycles. The third-order valence-corrected chi connectivity index (χ3v) is 3.91. The fourth-order valence-corrected chi connectivity index (χ4v) is 2.87. The van der Waals surface area contributed by atoms with Crippen LogP contribution < -0.4 is 0 Å². The van der Waals surface area contributed by atoms with E-state index in [1.807, 2.05) is 13.8 Å². The highest BCUT2D eigenvalue weighted by Gasteiger charge is 2.16. The Hall–Kier alpha value is -1.24. The van der Waals surface area contributed by atoms with Crippen molar-refractivity contribution < 1.29 is 0 Å². The van der Waals surface area contributed by atoms with E-state index >= 15 is 0 Å². The van der Waals surface area contributed by atoms with Crippen molar-refractivity contribution in [1.82, 2.24) is 4.90 Å². The van der Waals surface area contributed by atoms with Crippen LogP contribution in [0.1, 0.15) is 59.8 Å². The van der Waals surface area contributed by atoms with Gasteiger partial charge in [-0.15, -0.1) is 0 Å². The SMILES string of the molecule is C/C=C\C(=C/C)C1=CCN(C2=CCCCC2)CC1.CC. The van der Waals surface area contributed by atoms with Crippen molar-refractivity contribution in [3.05, 3.63) is 47.2 Å². The van der Waals surface area contributed by atoms with Crippen molar-refractivity contribution in [2.75, 3.05) is 13.1 Å². The van der Waals surface area contributed by atoms with Crippen molar-refractivity contribution in [3.63, 3.8) is 0 Å². The molecule has 0 spiro atoms. The Labute approximate surface area is 125 Å². The summed E-state index contributed by atoms with van der Waals surface area (Å²) in [6, 6.07) is 0. The summed E-state index contributed by atoms with van der Waals surface area (Å²) in [6.45, 7) is 10.5. The molecule has 0 unspecified atom stereocenters. The first-order chi connectivity index (χ1) is 9.85. The van der Waals surface area contributed by atoms with E-state index in [0.29, 0.717) is 0 Å². The molecule has 1 heterocycles. The predicted octanol–water partition coefficient (Wildman–Crippen LogP) is 5.63. The number of hydrogen-bond donors (Lipinski definition) is 0. The van der Waals surface area contributed by atoms with E-state index in [1.54, 1.807) is 5.70 Å². The van der Waals surface area contributed by atoms with Gasteiger partial charge in [-0.05, 0) is 57.1 Å². The first kappa shape index (κ1) is 16.8. The minimum Gasteiger partial charge on any atom is -0.371 e. The molecular weight excluding hydrogens is 242 g/mol. The van der Waals surface area contributed by atoms with Crippen LogP contribution in [-0.4, -0.2) is 18.0 Å². The fourth-order valence-electron chi connectivity index (χ4n) is 2.87. The molecule has 0 atom stereocenters. The molecule has 1 heteroatoms. The molecule has 0 fully saturated rings. The molecule has 0 N–H and O–H groups in total. The van der Waals surface area contributed by atoms with Crippen LogP contribution in [0, 0.1) is 0 Å². The summed E-state index contributed by atoms with van der Waals surface area (Å²) in [5.41, 5.74) is 4.50. The topological polar surface area (TPSA) is 3.24 Å². The van der Waals surface area contributed by atoms with Gasteiger partial charge in [-0.2, -0.15) is 0 Å². The molecular formula is C19H31N. The Morgan fingerprint density at radius 1 is 1.10 bits per heavy atom. The lowest BCUT2D eigenvalue weighted by molar-refractivity contribution is 0.345. The Bertz CT molecular complexity index is 396. The number of hydrogen-bond acceptors (Lipinski definition) is 1. The van der Waals surface area contributed by atoms with Crippen molar-refractivity contribution >= 4 is 0 Å². The van der Waals surface area contributed by atoms with Crippen molar-refractivity contribution in [2.45, 2.75) is 59.8 Å². The second kappa shape index (κ2) is 9.63. The van der Waals surface area contributed by atoms with Crippen molar-refractivity contribution in [3.8, 4) is 0 Å². The second-order valence-corrected chi connectivity index (χ2v) is 5.11. The summed E-state index contributed by atoms with van der Waals surface area (Å²) < 4.78 is 0. The largest absolute Gasteiger partial charge is 0.371 e. The van der Waals surface area contributed by atoms with Gasteiger partial charge < -0.3 is 4.90 Å². The van der Waals surface area contributed by atoms with E-state index in [-0.39, 0.29) is 0 Å². The van der Waals surface area contributed by atoms with E-state index in [9.17, 15) is 0 Å². The first-order valence-electron chi connectivity index (χ1n) is 8.27. The summed E-state index contributed by atoms with van der Waals surface area (Å²) in [7, 11) is 0. The minimum atomic E-state index is 1.09. The molecule has 112 valence electrons. The standard InChI is InChI=1S/C17H25N.C2H6/c1-3-8-15(4-2)16-11-13-18(14-12-16)17-9-6-5-7-10-17;1-2/h3-4,8-9,11H,5-7,10,12-14H2,1-2H3;1-2H3/b8-3-,15-4+;. The fraction of sp³-hybridized carbons (Fsp3) is 0.579. The summed E-state index contributed by atoms with van der Waals surface area (Å²) >= 11 is 0. The molecule has 0 bridgehead atoms.